The van der Waals surface area contributed by atoms with E-state index in [4.69, 9.17) is 0 Å². The van der Waals surface area contributed by atoms with Crippen molar-refractivity contribution in [1.29, 1.82) is 0 Å². The van der Waals surface area contributed by atoms with E-state index in [1.165, 1.54) is 6.20 Å². The van der Waals surface area contributed by atoms with E-state index in [-0.39, 0.29) is 11.6 Å². The van der Waals surface area contributed by atoms with Crippen molar-refractivity contribution in [2.24, 2.45) is 0 Å². The van der Waals surface area contributed by atoms with Gasteiger partial charge in [-0.15, -0.1) is 0 Å². The highest BCUT2D eigenvalue weighted by atomic mass is 19.4. The summed E-state index contributed by atoms with van der Waals surface area (Å²) in [6, 6.07) is 5.93. The second-order valence-electron chi connectivity index (χ2n) is 7.22. The van der Waals surface area contributed by atoms with Crippen LogP contribution in [0.1, 0.15) is 19.5 Å². The molecule has 1 aliphatic rings. The Morgan fingerprint density at radius 1 is 1.07 bits per heavy atom. The van der Waals surface area contributed by atoms with Crippen molar-refractivity contribution in [3.05, 3.63) is 36.2 Å². The van der Waals surface area contributed by atoms with E-state index >= 15 is 0 Å². The molecule has 9 heteroatoms. The lowest BCUT2D eigenvalue weighted by Gasteiger charge is -2.38. The highest BCUT2D eigenvalue weighted by molar-refractivity contribution is 5.54. The van der Waals surface area contributed by atoms with E-state index in [0.717, 1.165) is 6.07 Å². The number of hydrogen-bond acceptors (Lipinski definition) is 6. The lowest BCUT2D eigenvalue weighted by atomic mass is 10.1. The van der Waals surface area contributed by atoms with Crippen LogP contribution in [0.3, 0.4) is 0 Å². The van der Waals surface area contributed by atoms with Gasteiger partial charge in [0.2, 0.25) is 0 Å². The molecule has 1 aliphatic heterocycles. The Labute approximate surface area is 155 Å². The quantitative estimate of drug-likeness (QED) is 0.878. The van der Waals surface area contributed by atoms with Gasteiger partial charge < -0.3 is 10.0 Å². The summed E-state index contributed by atoms with van der Waals surface area (Å²) in [5.74, 6) is 0.195. The van der Waals surface area contributed by atoms with Crippen molar-refractivity contribution in [1.82, 2.24) is 19.9 Å². The Morgan fingerprint density at radius 2 is 1.78 bits per heavy atom. The highest BCUT2D eigenvalue weighted by Crippen LogP contribution is 2.31. The summed E-state index contributed by atoms with van der Waals surface area (Å²) >= 11 is 0. The molecule has 6 nitrogen and oxygen atoms in total. The van der Waals surface area contributed by atoms with Crippen LogP contribution in [-0.2, 0) is 6.18 Å². The largest absolute Gasteiger partial charge is 0.433 e. The minimum Gasteiger partial charge on any atom is -0.389 e. The van der Waals surface area contributed by atoms with Gasteiger partial charge >= 0.3 is 6.18 Å². The van der Waals surface area contributed by atoms with E-state index in [0.29, 0.717) is 38.4 Å². The fourth-order valence-corrected chi connectivity index (χ4v) is 3.03. The van der Waals surface area contributed by atoms with Crippen LogP contribution in [0.25, 0.3) is 11.5 Å². The zero-order chi connectivity index (χ0) is 19.7. The molecule has 1 fully saturated rings. The van der Waals surface area contributed by atoms with E-state index in [1.807, 2.05) is 4.90 Å². The Kier molecular flexibility index (Phi) is 5.34. The van der Waals surface area contributed by atoms with Gasteiger partial charge in [-0.25, -0.2) is 9.97 Å². The third-order valence-corrected chi connectivity index (χ3v) is 4.20. The van der Waals surface area contributed by atoms with Crippen LogP contribution in [0.15, 0.2) is 30.5 Å². The summed E-state index contributed by atoms with van der Waals surface area (Å²) in [4.78, 5) is 15.9. The number of aliphatic hydroxyl groups is 1. The van der Waals surface area contributed by atoms with Crippen LogP contribution in [0.5, 0.6) is 0 Å². The molecule has 2 aromatic heterocycles. The van der Waals surface area contributed by atoms with Crippen molar-refractivity contribution in [2.75, 3.05) is 37.6 Å². The van der Waals surface area contributed by atoms with Crippen molar-refractivity contribution in [3.8, 4) is 11.5 Å². The standard InChI is InChI=1S/C18H22F3N5O/c1-17(2,27)12-25-7-9-26(10-8-25)15-11-14(18(19,20)21)23-16(24-15)13-5-3-4-6-22-13/h3-6,11,27H,7-10,12H2,1-2H3. The number of nitrogens with zero attached hydrogens (tertiary/aromatic N) is 5. The molecule has 3 rings (SSSR count). The number of rotatable bonds is 4. The normalized spacial score (nSPS) is 16.6. The first-order valence-corrected chi connectivity index (χ1v) is 8.69. The summed E-state index contributed by atoms with van der Waals surface area (Å²) in [5, 5.41) is 9.93. The summed E-state index contributed by atoms with van der Waals surface area (Å²) in [6.45, 7) is 6.29. The second kappa shape index (κ2) is 7.40. The van der Waals surface area contributed by atoms with Crippen molar-refractivity contribution in [3.63, 3.8) is 0 Å². The molecule has 0 atom stereocenters. The Morgan fingerprint density at radius 3 is 2.33 bits per heavy atom. The fraction of sp³-hybridized carbons (Fsp3) is 0.500. The van der Waals surface area contributed by atoms with Crippen LogP contribution in [-0.4, -0.2) is 63.3 Å². The van der Waals surface area contributed by atoms with E-state index in [1.54, 1.807) is 32.0 Å². The predicted octanol–water partition coefficient (Wildman–Crippen LogP) is 2.45. The zero-order valence-electron chi connectivity index (χ0n) is 15.2. The lowest BCUT2D eigenvalue weighted by molar-refractivity contribution is -0.141. The van der Waals surface area contributed by atoms with Gasteiger partial charge in [0.25, 0.3) is 0 Å². The first-order valence-electron chi connectivity index (χ1n) is 8.69. The third-order valence-electron chi connectivity index (χ3n) is 4.20. The first-order chi connectivity index (χ1) is 12.6. The summed E-state index contributed by atoms with van der Waals surface area (Å²) in [5.41, 5.74) is -1.50. The Hall–Kier alpha value is -2.26. The van der Waals surface area contributed by atoms with Gasteiger partial charge in [0.15, 0.2) is 11.5 Å². The number of anilines is 1. The molecule has 0 amide bonds. The minimum atomic E-state index is -4.57. The van der Waals surface area contributed by atoms with Crippen LogP contribution >= 0.6 is 0 Å². The van der Waals surface area contributed by atoms with Crippen LogP contribution in [0.2, 0.25) is 0 Å². The molecular formula is C18H22F3N5O. The molecule has 1 saturated heterocycles. The van der Waals surface area contributed by atoms with Gasteiger partial charge in [-0.3, -0.25) is 9.88 Å². The first kappa shape index (κ1) is 19.5. The topological polar surface area (TPSA) is 65.4 Å². The fourth-order valence-electron chi connectivity index (χ4n) is 3.03. The van der Waals surface area contributed by atoms with Gasteiger partial charge in [-0.2, -0.15) is 13.2 Å². The summed E-state index contributed by atoms with van der Waals surface area (Å²) in [7, 11) is 0. The molecule has 0 aliphatic carbocycles. The zero-order valence-corrected chi connectivity index (χ0v) is 15.2. The molecular weight excluding hydrogens is 359 g/mol. The summed E-state index contributed by atoms with van der Waals surface area (Å²) in [6.07, 6.45) is -3.07. The number of hydrogen-bond donors (Lipinski definition) is 1. The molecule has 3 heterocycles. The average Bonchev–Trinajstić information content (AvgIpc) is 2.61. The van der Waals surface area contributed by atoms with Gasteiger partial charge in [-0.1, -0.05) is 6.07 Å². The smallest absolute Gasteiger partial charge is 0.389 e. The van der Waals surface area contributed by atoms with E-state index in [2.05, 4.69) is 19.9 Å². The van der Waals surface area contributed by atoms with Gasteiger partial charge in [0, 0.05) is 45.0 Å². The molecule has 0 unspecified atom stereocenters. The molecule has 2 aromatic rings. The highest BCUT2D eigenvalue weighted by Gasteiger charge is 2.35. The Balaban J connectivity index is 1.85. The third kappa shape index (κ3) is 5.14. The number of pyridine rings is 1. The predicted molar refractivity (Wildman–Crippen MR) is 95.2 cm³/mol. The molecule has 0 radical (unpaired) electrons. The SMILES string of the molecule is CC(C)(O)CN1CCN(c2cc(C(F)(F)F)nc(-c3ccccn3)n2)CC1. The molecule has 1 N–H and O–H groups in total. The lowest BCUT2D eigenvalue weighted by Crippen LogP contribution is -2.50. The number of halogens is 3. The van der Waals surface area contributed by atoms with Gasteiger partial charge in [0.05, 0.1) is 5.60 Å². The minimum absolute atomic E-state index is 0.0423. The van der Waals surface area contributed by atoms with Crippen molar-refractivity contribution < 1.29 is 18.3 Å². The second-order valence-corrected chi connectivity index (χ2v) is 7.22. The number of aromatic nitrogens is 3. The molecule has 146 valence electrons. The molecule has 0 saturated carbocycles. The maximum atomic E-state index is 13.3. The van der Waals surface area contributed by atoms with Crippen LogP contribution < -0.4 is 4.90 Å². The molecule has 0 bridgehead atoms. The van der Waals surface area contributed by atoms with Crippen LogP contribution in [0, 0.1) is 0 Å². The van der Waals surface area contributed by atoms with E-state index in [9.17, 15) is 18.3 Å². The van der Waals surface area contributed by atoms with Crippen molar-refractivity contribution in [2.45, 2.75) is 25.6 Å². The number of β-amino-alcohol motifs (C(OH)–C–C–N with tert-alkyl or cyclic N) is 1. The van der Waals surface area contributed by atoms with Crippen LogP contribution in [0.4, 0.5) is 19.0 Å². The number of piperazine rings is 1. The molecule has 0 aromatic carbocycles. The molecule has 0 spiro atoms. The Bertz CT molecular complexity index is 769. The van der Waals surface area contributed by atoms with Gasteiger partial charge in [0.1, 0.15) is 11.5 Å². The maximum Gasteiger partial charge on any atom is 0.433 e. The van der Waals surface area contributed by atoms with Crippen molar-refractivity contribution >= 4 is 5.82 Å². The molecule has 27 heavy (non-hydrogen) atoms. The number of alkyl halides is 3. The average molecular weight is 381 g/mol. The summed E-state index contributed by atoms with van der Waals surface area (Å²) < 4.78 is 39.9. The monoisotopic (exact) mass is 381 g/mol. The van der Waals surface area contributed by atoms with Gasteiger partial charge in [-0.05, 0) is 26.0 Å². The van der Waals surface area contributed by atoms with E-state index < -0.39 is 17.5 Å². The maximum absolute atomic E-state index is 13.3.